The molecule has 4 heteroatoms. The summed E-state index contributed by atoms with van der Waals surface area (Å²) in [5, 5.41) is 2.79. The van der Waals surface area contributed by atoms with Crippen LogP contribution in [0.2, 0.25) is 5.02 Å². The average molecular weight is 317 g/mol. The van der Waals surface area contributed by atoms with Gasteiger partial charge in [-0.3, -0.25) is 0 Å². The van der Waals surface area contributed by atoms with Gasteiger partial charge in [-0.25, -0.2) is 0 Å². The molecule has 0 amide bonds. The molecular formula is C12H11BrClNS. The van der Waals surface area contributed by atoms with Gasteiger partial charge in [-0.1, -0.05) is 33.6 Å². The minimum Gasteiger partial charge on any atom is -0.324 e. The summed E-state index contributed by atoms with van der Waals surface area (Å²) in [6, 6.07) is 9.83. The number of nitrogens with two attached hydrogens (primary N) is 1. The summed E-state index contributed by atoms with van der Waals surface area (Å²) < 4.78 is 1.01. The molecule has 1 nitrogen and oxygen atoms in total. The molecule has 0 radical (unpaired) electrons. The molecule has 2 rings (SSSR count). The molecule has 2 aromatic rings. The molecule has 0 aliphatic carbocycles. The van der Waals surface area contributed by atoms with Crippen LogP contribution in [0.25, 0.3) is 0 Å². The van der Waals surface area contributed by atoms with Crippen LogP contribution in [0.1, 0.15) is 16.5 Å². The van der Waals surface area contributed by atoms with Crippen LogP contribution in [0.3, 0.4) is 0 Å². The van der Waals surface area contributed by atoms with Crippen molar-refractivity contribution in [3.8, 4) is 0 Å². The number of hydrogen-bond donors (Lipinski definition) is 1. The summed E-state index contributed by atoms with van der Waals surface area (Å²) >= 11 is 11.2. The predicted octanol–water partition coefficient (Wildman–Crippen LogP) is 4.41. The molecule has 16 heavy (non-hydrogen) atoms. The van der Waals surface area contributed by atoms with Gasteiger partial charge in [0.2, 0.25) is 0 Å². The first kappa shape index (κ1) is 12.1. The topological polar surface area (TPSA) is 26.0 Å². The first-order valence-electron chi connectivity index (χ1n) is 4.89. The maximum Gasteiger partial charge on any atom is 0.0410 e. The molecule has 2 N–H and O–H groups in total. The lowest BCUT2D eigenvalue weighted by atomic mass is 10.0. The van der Waals surface area contributed by atoms with Crippen LogP contribution in [0.15, 0.2) is 40.2 Å². The van der Waals surface area contributed by atoms with Crippen LogP contribution in [0.4, 0.5) is 0 Å². The Morgan fingerprint density at radius 3 is 2.88 bits per heavy atom. The van der Waals surface area contributed by atoms with E-state index in [-0.39, 0.29) is 6.04 Å². The van der Waals surface area contributed by atoms with Gasteiger partial charge in [0.15, 0.2) is 0 Å². The zero-order valence-electron chi connectivity index (χ0n) is 8.49. The van der Waals surface area contributed by atoms with Crippen molar-refractivity contribution in [2.45, 2.75) is 12.5 Å². The Kier molecular flexibility index (Phi) is 4.03. The first-order chi connectivity index (χ1) is 7.66. The average Bonchev–Trinajstić information content (AvgIpc) is 2.74. The normalized spacial score (nSPS) is 12.7. The maximum atomic E-state index is 6.17. The number of hydrogen-bond acceptors (Lipinski definition) is 2. The summed E-state index contributed by atoms with van der Waals surface area (Å²) in [5.74, 6) is 0. The molecule has 0 saturated carbocycles. The van der Waals surface area contributed by atoms with Crippen molar-refractivity contribution >= 4 is 38.9 Å². The minimum atomic E-state index is -0.0216. The van der Waals surface area contributed by atoms with Gasteiger partial charge in [0, 0.05) is 26.8 Å². The number of halogens is 2. The van der Waals surface area contributed by atoms with Gasteiger partial charge < -0.3 is 5.73 Å². The van der Waals surface area contributed by atoms with Crippen molar-refractivity contribution < 1.29 is 0 Å². The SMILES string of the molecule is NC(Cc1cccs1)c1cc(Cl)ccc1Br. The van der Waals surface area contributed by atoms with Crippen molar-refractivity contribution in [1.82, 2.24) is 0 Å². The van der Waals surface area contributed by atoms with Crippen LogP contribution in [-0.2, 0) is 6.42 Å². The predicted molar refractivity (Wildman–Crippen MR) is 74.1 cm³/mol. The van der Waals surface area contributed by atoms with E-state index in [2.05, 4.69) is 27.4 Å². The Bertz CT molecular complexity index is 470. The second-order valence-electron chi connectivity index (χ2n) is 3.56. The Hall–Kier alpha value is -0.350. The van der Waals surface area contributed by atoms with Crippen LogP contribution in [0, 0.1) is 0 Å². The highest BCUT2D eigenvalue weighted by atomic mass is 79.9. The van der Waals surface area contributed by atoms with Gasteiger partial charge >= 0.3 is 0 Å². The number of benzene rings is 1. The van der Waals surface area contributed by atoms with E-state index in [1.54, 1.807) is 11.3 Å². The molecule has 84 valence electrons. The Balaban J connectivity index is 2.20. The Morgan fingerprint density at radius 2 is 2.19 bits per heavy atom. The smallest absolute Gasteiger partial charge is 0.0410 e. The third-order valence-electron chi connectivity index (χ3n) is 2.36. The minimum absolute atomic E-state index is 0.0216. The molecule has 0 fully saturated rings. The largest absolute Gasteiger partial charge is 0.324 e. The van der Waals surface area contributed by atoms with E-state index in [9.17, 15) is 0 Å². The fourth-order valence-electron chi connectivity index (χ4n) is 1.55. The van der Waals surface area contributed by atoms with Crippen LogP contribution in [0.5, 0.6) is 0 Å². The zero-order chi connectivity index (χ0) is 11.5. The second-order valence-corrected chi connectivity index (χ2v) is 5.88. The van der Waals surface area contributed by atoms with E-state index in [0.29, 0.717) is 0 Å². The fourth-order valence-corrected chi connectivity index (χ4v) is 3.04. The number of rotatable bonds is 3. The van der Waals surface area contributed by atoms with Crippen molar-refractivity contribution in [2.75, 3.05) is 0 Å². The van der Waals surface area contributed by atoms with E-state index in [1.165, 1.54) is 4.88 Å². The van der Waals surface area contributed by atoms with Gasteiger partial charge in [-0.05, 0) is 35.2 Å². The highest BCUT2D eigenvalue weighted by molar-refractivity contribution is 9.10. The van der Waals surface area contributed by atoms with E-state index in [4.69, 9.17) is 17.3 Å². The van der Waals surface area contributed by atoms with Gasteiger partial charge in [-0.2, -0.15) is 0 Å². The third-order valence-corrected chi connectivity index (χ3v) is 4.21. The second kappa shape index (κ2) is 5.32. The molecule has 0 spiro atoms. The lowest BCUT2D eigenvalue weighted by molar-refractivity contribution is 0.726. The summed E-state index contributed by atoms with van der Waals surface area (Å²) in [4.78, 5) is 1.29. The molecule has 1 aromatic heterocycles. The van der Waals surface area contributed by atoms with Crippen LogP contribution < -0.4 is 5.73 Å². The summed E-state index contributed by atoms with van der Waals surface area (Å²) in [5.41, 5.74) is 7.23. The molecule has 1 heterocycles. The van der Waals surface area contributed by atoms with Gasteiger partial charge in [0.05, 0.1) is 0 Å². The zero-order valence-corrected chi connectivity index (χ0v) is 11.6. The van der Waals surface area contributed by atoms with E-state index in [0.717, 1.165) is 21.5 Å². The highest BCUT2D eigenvalue weighted by Crippen LogP contribution is 2.28. The monoisotopic (exact) mass is 315 g/mol. The fraction of sp³-hybridized carbons (Fsp3) is 0.167. The van der Waals surface area contributed by atoms with Crippen molar-refractivity contribution in [2.24, 2.45) is 5.73 Å². The molecule has 0 aliphatic rings. The molecular weight excluding hydrogens is 306 g/mol. The molecule has 0 saturated heterocycles. The van der Waals surface area contributed by atoms with Gasteiger partial charge in [0.1, 0.15) is 0 Å². The standard InChI is InChI=1S/C12H11BrClNS/c13-11-4-3-8(14)6-10(11)12(15)7-9-2-1-5-16-9/h1-6,12H,7,15H2. The van der Waals surface area contributed by atoms with E-state index < -0.39 is 0 Å². The summed E-state index contributed by atoms with van der Waals surface area (Å²) in [6.07, 6.45) is 0.844. The first-order valence-corrected chi connectivity index (χ1v) is 6.95. The molecule has 1 atom stereocenters. The number of thiophene rings is 1. The van der Waals surface area contributed by atoms with Gasteiger partial charge in [-0.15, -0.1) is 11.3 Å². The molecule has 0 bridgehead atoms. The van der Waals surface area contributed by atoms with Crippen molar-refractivity contribution in [3.05, 3.63) is 55.6 Å². The van der Waals surface area contributed by atoms with E-state index in [1.807, 2.05) is 24.3 Å². The lowest BCUT2D eigenvalue weighted by Gasteiger charge is -2.13. The molecule has 1 aromatic carbocycles. The van der Waals surface area contributed by atoms with Crippen molar-refractivity contribution in [1.29, 1.82) is 0 Å². The summed E-state index contributed by atoms with van der Waals surface area (Å²) in [7, 11) is 0. The third kappa shape index (κ3) is 2.86. The lowest BCUT2D eigenvalue weighted by Crippen LogP contribution is -2.13. The van der Waals surface area contributed by atoms with Gasteiger partial charge in [0.25, 0.3) is 0 Å². The van der Waals surface area contributed by atoms with E-state index >= 15 is 0 Å². The van der Waals surface area contributed by atoms with Crippen LogP contribution >= 0.6 is 38.9 Å². The molecule has 1 unspecified atom stereocenters. The van der Waals surface area contributed by atoms with Crippen molar-refractivity contribution in [3.63, 3.8) is 0 Å². The Labute approximate surface area is 112 Å². The maximum absolute atomic E-state index is 6.17. The summed E-state index contributed by atoms with van der Waals surface area (Å²) in [6.45, 7) is 0. The Morgan fingerprint density at radius 1 is 1.38 bits per heavy atom. The quantitative estimate of drug-likeness (QED) is 0.892. The highest BCUT2D eigenvalue weighted by Gasteiger charge is 2.11. The molecule has 0 aliphatic heterocycles. The van der Waals surface area contributed by atoms with Crippen LogP contribution in [-0.4, -0.2) is 0 Å².